The lowest BCUT2D eigenvalue weighted by molar-refractivity contribution is 0.209. The van der Waals surface area contributed by atoms with Crippen LogP contribution in [0.4, 0.5) is 0 Å². The van der Waals surface area contributed by atoms with E-state index in [0.717, 1.165) is 5.56 Å². The Hall–Kier alpha value is -0.710. The molecule has 1 heterocycles. The van der Waals surface area contributed by atoms with E-state index >= 15 is 0 Å². The molecule has 1 rings (SSSR count). The van der Waals surface area contributed by atoms with Crippen LogP contribution in [0, 0.1) is 4.64 Å². The molecule has 66 valence electrons. The molecule has 0 radical (unpaired) electrons. The zero-order valence-electron chi connectivity index (χ0n) is 6.87. The first-order valence-corrected chi connectivity index (χ1v) is 4.06. The number of hydrogen-bond acceptors (Lipinski definition) is 3. The summed E-state index contributed by atoms with van der Waals surface area (Å²) in [6, 6.07) is 3.63. The highest BCUT2D eigenvalue weighted by Crippen LogP contribution is 2.16. The third kappa shape index (κ3) is 1.72. The second-order valence-electron chi connectivity index (χ2n) is 2.99. The Kier molecular flexibility index (Phi) is 2.62. The minimum atomic E-state index is -0.755. The topological polar surface area (TPSA) is 62.0 Å². The monoisotopic (exact) mass is 184 g/mol. The highest BCUT2D eigenvalue weighted by molar-refractivity contribution is 7.71. The summed E-state index contributed by atoms with van der Waals surface area (Å²) in [5.74, 6) is 0. The third-order valence-electron chi connectivity index (χ3n) is 1.76. The van der Waals surface area contributed by atoms with E-state index in [0.29, 0.717) is 4.64 Å². The number of aromatic nitrogens is 1. The second-order valence-corrected chi connectivity index (χ2v) is 3.40. The van der Waals surface area contributed by atoms with Crippen molar-refractivity contribution < 1.29 is 5.11 Å². The Morgan fingerprint density at radius 2 is 2.42 bits per heavy atom. The number of H-pyrrole nitrogens is 1. The van der Waals surface area contributed by atoms with Crippen molar-refractivity contribution in [1.29, 1.82) is 0 Å². The quantitative estimate of drug-likeness (QED) is 0.599. The van der Waals surface area contributed by atoms with Crippen molar-refractivity contribution in [2.24, 2.45) is 5.73 Å². The Labute approximate surface area is 76.2 Å². The van der Waals surface area contributed by atoms with Crippen LogP contribution in [0.2, 0.25) is 0 Å². The first-order chi connectivity index (χ1) is 5.58. The lowest BCUT2D eigenvalue weighted by Crippen LogP contribution is -2.37. The molecule has 0 saturated heterocycles. The van der Waals surface area contributed by atoms with Gasteiger partial charge in [0, 0.05) is 11.8 Å². The van der Waals surface area contributed by atoms with Crippen molar-refractivity contribution in [2.75, 3.05) is 6.61 Å². The Balaban J connectivity index is 3.20. The lowest BCUT2D eigenvalue weighted by Gasteiger charge is -2.21. The summed E-state index contributed by atoms with van der Waals surface area (Å²) in [5.41, 5.74) is 5.81. The number of hydrogen-bond donors (Lipinski definition) is 3. The van der Waals surface area contributed by atoms with Crippen LogP contribution in [-0.4, -0.2) is 16.7 Å². The smallest absolute Gasteiger partial charge is 0.108 e. The van der Waals surface area contributed by atoms with Crippen LogP contribution in [0.1, 0.15) is 12.5 Å². The molecule has 0 saturated carbocycles. The van der Waals surface area contributed by atoms with Gasteiger partial charge >= 0.3 is 0 Å². The average molecular weight is 184 g/mol. The van der Waals surface area contributed by atoms with Gasteiger partial charge in [-0.2, -0.15) is 0 Å². The normalized spacial score (nSPS) is 15.6. The fourth-order valence-electron chi connectivity index (χ4n) is 0.956. The van der Waals surface area contributed by atoms with Crippen LogP contribution in [0.15, 0.2) is 18.3 Å². The molecular weight excluding hydrogens is 172 g/mol. The van der Waals surface area contributed by atoms with Crippen molar-refractivity contribution in [1.82, 2.24) is 4.98 Å². The van der Waals surface area contributed by atoms with Gasteiger partial charge in [0.15, 0.2) is 0 Å². The van der Waals surface area contributed by atoms with Gasteiger partial charge in [-0.05, 0) is 13.0 Å². The molecule has 0 spiro atoms. The van der Waals surface area contributed by atoms with E-state index in [2.05, 4.69) is 4.98 Å². The number of aromatic amines is 1. The van der Waals surface area contributed by atoms with Crippen LogP contribution in [0.5, 0.6) is 0 Å². The molecular formula is C8H12N2OS. The summed E-state index contributed by atoms with van der Waals surface area (Å²) >= 11 is 5.02. The van der Waals surface area contributed by atoms with E-state index in [1.165, 1.54) is 0 Å². The maximum Gasteiger partial charge on any atom is 0.108 e. The molecule has 1 aromatic heterocycles. The number of aliphatic hydroxyl groups excluding tert-OH is 1. The molecule has 0 aliphatic rings. The summed E-state index contributed by atoms with van der Waals surface area (Å²) in [6.07, 6.45) is 1.74. The van der Waals surface area contributed by atoms with Crippen LogP contribution in [-0.2, 0) is 5.54 Å². The van der Waals surface area contributed by atoms with Crippen molar-refractivity contribution in [3.05, 3.63) is 28.5 Å². The van der Waals surface area contributed by atoms with E-state index < -0.39 is 5.54 Å². The van der Waals surface area contributed by atoms with Crippen molar-refractivity contribution >= 4 is 12.2 Å². The molecule has 12 heavy (non-hydrogen) atoms. The molecule has 0 unspecified atom stereocenters. The van der Waals surface area contributed by atoms with Crippen molar-refractivity contribution in [3.63, 3.8) is 0 Å². The molecule has 0 aromatic carbocycles. The fourth-order valence-corrected chi connectivity index (χ4v) is 1.33. The maximum atomic E-state index is 8.99. The van der Waals surface area contributed by atoms with E-state index in [-0.39, 0.29) is 6.61 Å². The Morgan fingerprint density at radius 3 is 2.92 bits per heavy atom. The highest BCUT2D eigenvalue weighted by atomic mass is 32.1. The van der Waals surface area contributed by atoms with E-state index in [1.807, 2.05) is 12.1 Å². The van der Waals surface area contributed by atoms with Gasteiger partial charge in [-0.15, -0.1) is 0 Å². The van der Waals surface area contributed by atoms with Gasteiger partial charge in [-0.25, -0.2) is 0 Å². The summed E-state index contributed by atoms with van der Waals surface area (Å²) < 4.78 is 0.580. The van der Waals surface area contributed by atoms with Gasteiger partial charge in [0.25, 0.3) is 0 Å². The summed E-state index contributed by atoms with van der Waals surface area (Å²) in [4.78, 5) is 2.86. The third-order valence-corrected chi connectivity index (χ3v) is 2.10. The first-order valence-electron chi connectivity index (χ1n) is 3.66. The fraction of sp³-hybridized carbons (Fsp3) is 0.375. The van der Waals surface area contributed by atoms with Gasteiger partial charge in [0.1, 0.15) is 4.64 Å². The molecule has 0 fully saturated rings. The van der Waals surface area contributed by atoms with E-state index in [1.54, 1.807) is 13.1 Å². The zero-order valence-corrected chi connectivity index (χ0v) is 7.69. The van der Waals surface area contributed by atoms with Crippen LogP contribution < -0.4 is 5.73 Å². The largest absolute Gasteiger partial charge is 0.394 e. The zero-order chi connectivity index (χ0) is 9.19. The molecule has 0 bridgehead atoms. The molecule has 4 heteroatoms. The van der Waals surface area contributed by atoms with Gasteiger partial charge < -0.3 is 15.8 Å². The average Bonchev–Trinajstić information content (AvgIpc) is 2.05. The van der Waals surface area contributed by atoms with E-state index in [4.69, 9.17) is 23.1 Å². The Morgan fingerprint density at radius 1 is 1.75 bits per heavy atom. The Bertz CT molecular complexity index is 319. The molecule has 4 N–H and O–H groups in total. The minimum Gasteiger partial charge on any atom is -0.394 e. The first kappa shape index (κ1) is 9.38. The van der Waals surface area contributed by atoms with Gasteiger partial charge in [-0.3, -0.25) is 0 Å². The van der Waals surface area contributed by atoms with Gasteiger partial charge in [0.2, 0.25) is 0 Å². The van der Waals surface area contributed by atoms with Gasteiger partial charge in [-0.1, -0.05) is 18.3 Å². The molecule has 1 atom stereocenters. The van der Waals surface area contributed by atoms with Gasteiger partial charge in [0.05, 0.1) is 12.1 Å². The van der Waals surface area contributed by atoms with Crippen LogP contribution in [0.25, 0.3) is 0 Å². The number of aliphatic hydroxyl groups is 1. The SMILES string of the molecule is C[C@](N)(CO)c1ccc[nH]c1=S. The van der Waals surface area contributed by atoms with Crippen LogP contribution >= 0.6 is 12.2 Å². The highest BCUT2D eigenvalue weighted by Gasteiger charge is 2.20. The molecule has 0 aliphatic carbocycles. The predicted octanol–water partition coefficient (Wildman–Crippen LogP) is 0.910. The standard InChI is InChI=1S/C8H12N2OS/c1-8(9,5-11)6-3-2-4-10-7(6)12/h2-4,11H,5,9H2,1H3,(H,10,12)/t8-/m0/s1. The summed E-state index contributed by atoms with van der Waals surface area (Å²) in [6.45, 7) is 1.63. The molecule has 1 aromatic rings. The molecule has 0 amide bonds. The summed E-state index contributed by atoms with van der Waals surface area (Å²) in [7, 11) is 0. The lowest BCUT2D eigenvalue weighted by atomic mass is 9.96. The number of pyridine rings is 1. The summed E-state index contributed by atoms with van der Waals surface area (Å²) in [5, 5.41) is 8.99. The second kappa shape index (κ2) is 3.35. The van der Waals surface area contributed by atoms with Crippen LogP contribution in [0.3, 0.4) is 0 Å². The molecule has 3 nitrogen and oxygen atoms in total. The van der Waals surface area contributed by atoms with Crippen molar-refractivity contribution in [3.8, 4) is 0 Å². The number of rotatable bonds is 2. The minimum absolute atomic E-state index is 0.117. The predicted molar refractivity (Wildman–Crippen MR) is 50.3 cm³/mol. The number of nitrogens with two attached hydrogens (primary N) is 1. The number of nitrogens with one attached hydrogen (secondary N) is 1. The van der Waals surface area contributed by atoms with Crippen molar-refractivity contribution in [2.45, 2.75) is 12.5 Å². The van der Waals surface area contributed by atoms with E-state index in [9.17, 15) is 0 Å². The maximum absolute atomic E-state index is 8.99. The molecule has 0 aliphatic heterocycles.